The molecule has 0 bridgehead atoms. The highest BCUT2D eigenvalue weighted by Gasteiger charge is 2.40. The molecule has 0 aliphatic carbocycles. The van der Waals surface area contributed by atoms with Crippen molar-refractivity contribution in [3.63, 3.8) is 0 Å². The van der Waals surface area contributed by atoms with Crippen molar-refractivity contribution >= 4 is 17.4 Å². The van der Waals surface area contributed by atoms with E-state index in [9.17, 15) is 28.1 Å². The number of amides is 1. The Morgan fingerprint density at radius 1 is 1.62 bits per heavy atom. The van der Waals surface area contributed by atoms with Gasteiger partial charge in [-0.1, -0.05) is 0 Å². The maximum atomic E-state index is 11.9. The monoisotopic (exact) mass is 238 g/mol. The molecule has 0 saturated carbocycles. The topological polar surface area (TPSA) is 90.1 Å². The first kappa shape index (κ1) is 11.9. The first-order valence-electron chi connectivity index (χ1n) is 3.78. The fourth-order valence-electron chi connectivity index (χ4n) is 0.883. The Kier molecular flexibility index (Phi) is 2.83. The van der Waals surface area contributed by atoms with Crippen molar-refractivity contribution in [2.24, 2.45) is 7.05 Å². The summed E-state index contributed by atoms with van der Waals surface area (Å²) in [6.07, 6.45) is -4.37. The van der Waals surface area contributed by atoms with Gasteiger partial charge in [-0.15, -0.1) is 0 Å². The molecule has 0 atom stereocenters. The summed E-state index contributed by atoms with van der Waals surface area (Å²) < 4.78 is 36.4. The molecule has 0 fully saturated rings. The molecule has 1 heterocycles. The summed E-state index contributed by atoms with van der Waals surface area (Å²) in [6, 6.07) is 0. The Labute approximate surface area is 86.0 Å². The molecule has 0 aliphatic heterocycles. The summed E-state index contributed by atoms with van der Waals surface area (Å²) in [6.45, 7) is 0. The van der Waals surface area contributed by atoms with E-state index in [1.165, 1.54) is 12.4 Å². The first-order valence-corrected chi connectivity index (χ1v) is 3.78. The summed E-state index contributed by atoms with van der Waals surface area (Å²) in [4.78, 5) is 20.0. The maximum Gasteiger partial charge on any atom is 0.471 e. The molecule has 1 aromatic heterocycles. The number of nitrogens with one attached hydrogen (secondary N) is 1. The van der Waals surface area contributed by atoms with Gasteiger partial charge in [0, 0.05) is 7.05 Å². The highest BCUT2D eigenvalue weighted by atomic mass is 19.4. The molecule has 1 N–H and O–H groups in total. The predicted octanol–water partition coefficient (Wildman–Crippen LogP) is 0.829. The Morgan fingerprint density at radius 3 is 2.62 bits per heavy atom. The second kappa shape index (κ2) is 3.79. The number of nitrogens with zero attached hydrogens (tertiary/aromatic N) is 3. The van der Waals surface area contributed by atoms with E-state index in [1.807, 2.05) is 0 Å². The van der Waals surface area contributed by atoms with Gasteiger partial charge in [0.25, 0.3) is 0 Å². The molecule has 88 valence electrons. The second-order valence-corrected chi connectivity index (χ2v) is 2.71. The van der Waals surface area contributed by atoms with Gasteiger partial charge in [-0.25, -0.2) is 4.68 Å². The summed E-state index contributed by atoms with van der Waals surface area (Å²) in [7, 11) is 1.17. The number of halogens is 3. The number of aryl methyl sites for hydroxylation is 1. The molecular formula is C6H5F3N4O3. The minimum Gasteiger partial charge on any atom is -0.297 e. The van der Waals surface area contributed by atoms with Crippen molar-refractivity contribution in [1.29, 1.82) is 0 Å². The minimum atomic E-state index is -5.11. The first-order chi connectivity index (χ1) is 7.23. The molecule has 7 nitrogen and oxygen atoms in total. The molecule has 1 aromatic rings. The zero-order valence-electron chi connectivity index (χ0n) is 7.78. The van der Waals surface area contributed by atoms with E-state index in [-0.39, 0.29) is 0 Å². The van der Waals surface area contributed by atoms with E-state index in [4.69, 9.17) is 0 Å². The Hall–Kier alpha value is -2.13. The van der Waals surface area contributed by atoms with Crippen LogP contribution in [0.25, 0.3) is 0 Å². The molecule has 1 amide bonds. The van der Waals surface area contributed by atoms with Crippen LogP contribution in [0.3, 0.4) is 0 Å². The number of hydrogen-bond acceptors (Lipinski definition) is 4. The number of carbonyl (C=O) groups is 1. The van der Waals surface area contributed by atoms with Crippen molar-refractivity contribution in [2.75, 3.05) is 5.32 Å². The van der Waals surface area contributed by atoms with Crippen LogP contribution in [0.5, 0.6) is 0 Å². The van der Waals surface area contributed by atoms with E-state index < -0.39 is 28.5 Å². The SMILES string of the molecule is Cn1ncc([N+](=O)[O-])c1NC(=O)C(F)(F)F. The standard InChI is InChI=1S/C6H5F3N4O3/c1-12-4(3(2-10-12)13(15)16)11-5(14)6(7,8)9/h2H,1H3,(H,11,14). The molecule has 0 unspecified atom stereocenters. The van der Waals surface area contributed by atoms with Gasteiger partial charge in [0.1, 0.15) is 6.20 Å². The summed E-state index contributed by atoms with van der Waals surface area (Å²) >= 11 is 0. The van der Waals surface area contributed by atoms with E-state index in [2.05, 4.69) is 5.10 Å². The third-order valence-electron chi connectivity index (χ3n) is 1.61. The molecule has 0 aliphatic rings. The number of anilines is 1. The van der Waals surface area contributed by atoms with Gasteiger partial charge in [0.05, 0.1) is 4.92 Å². The molecule has 0 radical (unpaired) electrons. The van der Waals surface area contributed by atoms with E-state index in [1.54, 1.807) is 0 Å². The largest absolute Gasteiger partial charge is 0.471 e. The molecule has 1 rings (SSSR count). The summed E-state index contributed by atoms with van der Waals surface area (Å²) in [5.41, 5.74) is -0.708. The lowest BCUT2D eigenvalue weighted by atomic mass is 10.5. The molecule has 0 spiro atoms. The van der Waals surface area contributed by atoms with E-state index >= 15 is 0 Å². The zero-order chi connectivity index (χ0) is 12.5. The predicted molar refractivity (Wildman–Crippen MR) is 44.5 cm³/mol. The quantitative estimate of drug-likeness (QED) is 0.610. The normalized spacial score (nSPS) is 11.2. The minimum absolute atomic E-state index is 0.618. The van der Waals surface area contributed by atoms with E-state index in [0.29, 0.717) is 0 Å². The van der Waals surface area contributed by atoms with Gasteiger partial charge in [0.15, 0.2) is 0 Å². The van der Waals surface area contributed by atoms with Crippen molar-refractivity contribution in [3.8, 4) is 0 Å². The smallest absolute Gasteiger partial charge is 0.297 e. The average Bonchev–Trinajstić information content (AvgIpc) is 2.46. The number of rotatable bonds is 2. The van der Waals surface area contributed by atoms with Gasteiger partial charge >= 0.3 is 17.8 Å². The lowest BCUT2D eigenvalue weighted by Gasteiger charge is -2.07. The molecule has 16 heavy (non-hydrogen) atoms. The summed E-state index contributed by atoms with van der Waals surface area (Å²) in [5.74, 6) is -2.91. The Bertz CT molecular complexity index is 439. The van der Waals surface area contributed by atoms with Crippen LogP contribution in [0.15, 0.2) is 6.20 Å². The number of carbonyl (C=O) groups excluding carboxylic acids is 1. The van der Waals surface area contributed by atoms with Gasteiger partial charge in [-0.2, -0.15) is 18.3 Å². The van der Waals surface area contributed by atoms with Crippen molar-refractivity contribution in [3.05, 3.63) is 16.3 Å². The van der Waals surface area contributed by atoms with Crippen LogP contribution in [-0.2, 0) is 11.8 Å². The lowest BCUT2D eigenvalue weighted by Crippen LogP contribution is -2.31. The molecule has 0 aromatic carbocycles. The van der Waals surface area contributed by atoms with Crippen LogP contribution >= 0.6 is 0 Å². The molecule has 0 saturated heterocycles. The highest BCUT2D eigenvalue weighted by molar-refractivity contribution is 5.95. The summed E-state index contributed by atoms with van der Waals surface area (Å²) in [5, 5.41) is 15.1. The van der Waals surface area contributed by atoms with Crippen LogP contribution in [0, 0.1) is 10.1 Å². The van der Waals surface area contributed by atoms with E-state index in [0.717, 1.165) is 10.9 Å². The number of nitro groups is 1. The Morgan fingerprint density at radius 2 is 2.19 bits per heavy atom. The molecular weight excluding hydrogens is 233 g/mol. The van der Waals surface area contributed by atoms with Crippen LogP contribution in [-0.4, -0.2) is 26.8 Å². The average molecular weight is 238 g/mol. The lowest BCUT2D eigenvalue weighted by molar-refractivity contribution is -0.384. The third kappa shape index (κ3) is 2.27. The maximum absolute atomic E-state index is 11.9. The van der Waals surface area contributed by atoms with Crippen LogP contribution in [0.2, 0.25) is 0 Å². The molecule has 10 heteroatoms. The fourth-order valence-corrected chi connectivity index (χ4v) is 0.883. The van der Waals surface area contributed by atoms with Crippen molar-refractivity contribution in [2.45, 2.75) is 6.18 Å². The van der Waals surface area contributed by atoms with Gasteiger partial charge in [0.2, 0.25) is 5.82 Å². The third-order valence-corrected chi connectivity index (χ3v) is 1.61. The van der Waals surface area contributed by atoms with Crippen molar-refractivity contribution < 1.29 is 22.9 Å². The number of aromatic nitrogens is 2. The fraction of sp³-hybridized carbons (Fsp3) is 0.333. The van der Waals surface area contributed by atoms with Crippen molar-refractivity contribution in [1.82, 2.24) is 9.78 Å². The van der Waals surface area contributed by atoms with Crippen LogP contribution in [0.4, 0.5) is 24.7 Å². The van der Waals surface area contributed by atoms with Gasteiger partial charge in [-0.3, -0.25) is 20.2 Å². The van der Waals surface area contributed by atoms with Gasteiger partial charge in [-0.05, 0) is 0 Å². The second-order valence-electron chi connectivity index (χ2n) is 2.71. The highest BCUT2D eigenvalue weighted by Crippen LogP contribution is 2.25. The number of hydrogen-bond donors (Lipinski definition) is 1. The van der Waals surface area contributed by atoms with Crippen LogP contribution < -0.4 is 5.32 Å². The zero-order valence-corrected chi connectivity index (χ0v) is 7.78. The Balaban J connectivity index is 3.02. The van der Waals surface area contributed by atoms with Crippen LogP contribution in [0.1, 0.15) is 0 Å². The van der Waals surface area contributed by atoms with Gasteiger partial charge < -0.3 is 0 Å². The number of alkyl halides is 3.